The standard InChI is InChI=1S/C11H13N3O/c1-15-11-9(3-2-6-13-11)8(4-5-12)10-7-14-10/h2-3,6,8,10,14H,4,7H2,1H3. The predicted octanol–water partition coefficient (Wildman–Crippen LogP) is 1.06. The number of ether oxygens (including phenoxy) is 1. The molecule has 1 saturated heterocycles. The Morgan fingerprint density at radius 2 is 2.60 bits per heavy atom. The topological polar surface area (TPSA) is 67.8 Å². The van der Waals surface area contributed by atoms with Gasteiger partial charge in [0.15, 0.2) is 0 Å². The van der Waals surface area contributed by atoms with Crippen LogP contribution in [-0.4, -0.2) is 24.7 Å². The van der Waals surface area contributed by atoms with Crippen molar-refractivity contribution in [1.82, 2.24) is 10.3 Å². The molecule has 2 heterocycles. The molecule has 1 aromatic rings. The van der Waals surface area contributed by atoms with Gasteiger partial charge in [-0.3, -0.25) is 0 Å². The number of hydrogen-bond donors (Lipinski definition) is 1. The summed E-state index contributed by atoms with van der Waals surface area (Å²) >= 11 is 0. The van der Waals surface area contributed by atoms with Crippen LogP contribution in [0.5, 0.6) is 5.88 Å². The Hall–Kier alpha value is -1.60. The minimum absolute atomic E-state index is 0.193. The Morgan fingerprint density at radius 3 is 3.20 bits per heavy atom. The molecule has 1 aromatic heterocycles. The second-order valence-electron chi connectivity index (χ2n) is 3.59. The van der Waals surface area contributed by atoms with Crippen molar-refractivity contribution in [2.75, 3.05) is 13.7 Å². The summed E-state index contributed by atoms with van der Waals surface area (Å²) in [5.74, 6) is 0.824. The van der Waals surface area contributed by atoms with E-state index in [9.17, 15) is 0 Å². The number of hydrogen-bond acceptors (Lipinski definition) is 4. The Balaban J connectivity index is 2.28. The molecule has 2 unspecified atom stereocenters. The summed E-state index contributed by atoms with van der Waals surface area (Å²) in [5.41, 5.74) is 1.02. The molecule has 78 valence electrons. The van der Waals surface area contributed by atoms with Gasteiger partial charge in [-0.15, -0.1) is 0 Å². The van der Waals surface area contributed by atoms with Crippen LogP contribution in [-0.2, 0) is 0 Å². The SMILES string of the molecule is COc1ncccc1C(CC#N)C1CN1. The lowest BCUT2D eigenvalue weighted by Crippen LogP contribution is -2.10. The van der Waals surface area contributed by atoms with Gasteiger partial charge in [0.2, 0.25) is 5.88 Å². The summed E-state index contributed by atoms with van der Waals surface area (Å²) in [6.07, 6.45) is 2.20. The van der Waals surface area contributed by atoms with Gasteiger partial charge >= 0.3 is 0 Å². The van der Waals surface area contributed by atoms with Gasteiger partial charge in [-0.2, -0.15) is 5.26 Å². The molecule has 0 aliphatic carbocycles. The zero-order valence-corrected chi connectivity index (χ0v) is 8.60. The molecule has 0 bridgehead atoms. The van der Waals surface area contributed by atoms with Gasteiger partial charge in [0, 0.05) is 36.7 Å². The molecule has 2 rings (SSSR count). The van der Waals surface area contributed by atoms with Gasteiger partial charge in [0.05, 0.1) is 13.2 Å². The summed E-state index contributed by atoms with van der Waals surface area (Å²) in [6, 6.07) is 6.48. The van der Waals surface area contributed by atoms with Crippen molar-refractivity contribution in [3.63, 3.8) is 0 Å². The lowest BCUT2D eigenvalue weighted by atomic mass is 9.94. The number of aromatic nitrogens is 1. The molecule has 1 aliphatic rings. The summed E-state index contributed by atoms with van der Waals surface area (Å²) < 4.78 is 5.20. The van der Waals surface area contributed by atoms with Crippen molar-refractivity contribution in [3.05, 3.63) is 23.9 Å². The first-order valence-electron chi connectivity index (χ1n) is 4.96. The van der Waals surface area contributed by atoms with Crippen molar-refractivity contribution in [1.29, 1.82) is 5.26 Å². The Bertz CT molecular complexity index is 382. The van der Waals surface area contributed by atoms with Crippen molar-refractivity contribution in [2.24, 2.45) is 0 Å². The Morgan fingerprint density at radius 1 is 1.80 bits per heavy atom. The van der Waals surface area contributed by atoms with Crippen LogP contribution in [0.4, 0.5) is 0 Å². The fourth-order valence-electron chi connectivity index (χ4n) is 1.78. The van der Waals surface area contributed by atoms with Crippen molar-refractivity contribution < 1.29 is 4.74 Å². The normalized spacial score (nSPS) is 20.4. The third-order valence-corrected chi connectivity index (χ3v) is 2.63. The van der Waals surface area contributed by atoms with Crippen LogP contribution in [0.25, 0.3) is 0 Å². The summed E-state index contributed by atoms with van der Waals surface area (Å²) in [4.78, 5) is 4.15. The van der Waals surface area contributed by atoms with Crippen LogP contribution in [0.3, 0.4) is 0 Å². The van der Waals surface area contributed by atoms with Gasteiger partial charge in [-0.1, -0.05) is 6.07 Å². The quantitative estimate of drug-likeness (QED) is 0.743. The second kappa shape index (κ2) is 4.28. The molecule has 1 aliphatic heterocycles. The van der Waals surface area contributed by atoms with Gasteiger partial charge in [0.25, 0.3) is 0 Å². The lowest BCUT2D eigenvalue weighted by Gasteiger charge is -2.14. The molecule has 15 heavy (non-hydrogen) atoms. The Labute approximate surface area is 88.9 Å². The van der Waals surface area contributed by atoms with E-state index in [1.807, 2.05) is 12.1 Å². The fourth-order valence-corrected chi connectivity index (χ4v) is 1.78. The summed E-state index contributed by atoms with van der Waals surface area (Å²) in [6.45, 7) is 0.977. The molecule has 0 aromatic carbocycles. The zero-order chi connectivity index (χ0) is 10.7. The number of methoxy groups -OCH3 is 1. The molecule has 0 spiro atoms. The molecule has 0 amide bonds. The minimum Gasteiger partial charge on any atom is -0.481 e. The van der Waals surface area contributed by atoms with E-state index >= 15 is 0 Å². The first kappa shape index (κ1) is 9.94. The van der Waals surface area contributed by atoms with Crippen LogP contribution < -0.4 is 10.1 Å². The van der Waals surface area contributed by atoms with E-state index < -0.39 is 0 Å². The smallest absolute Gasteiger partial charge is 0.216 e. The third-order valence-electron chi connectivity index (χ3n) is 2.63. The first-order valence-corrected chi connectivity index (χ1v) is 4.96. The monoisotopic (exact) mass is 203 g/mol. The molecule has 2 atom stereocenters. The van der Waals surface area contributed by atoms with Crippen LogP contribution in [0, 0.1) is 11.3 Å². The lowest BCUT2D eigenvalue weighted by molar-refractivity contribution is 0.387. The Kier molecular flexibility index (Phi) is 2.84. The molecule has 1 fully saturated rings. The van der Waals surface area contributed by atoms with Crippen molar-refractivity contribution in [3.8, 4) is 11.9 Å². The minimum atomic E-state index is 0.193. The van der Waals surface area contributed by atoms with Crippen molar-refractivity contribution >= 4 is 0 Å². The molecule has 0 radical (unpaired) electrons. The van der Waals surface area contributed by atoms with Crippen LogP contribution >= 0.6 is 0 Å². The van der Waals surface area contributed by atoms with Gasteiger partial charge in [0.1, 0.15) is 0 Å². The van der Waals surface area contributed by atoms with E-state index in [1.54, 1.807) is 13.3 Å². The van der Waals surface area contributed by atoms with Gasteiger partial charge < -0.3 is 10.1 Å². The average molecular weight is 203 g/mol. The highest BCUT2D eigenvalue weighted by atomic mass is 16.5. The van der Waals surface area contributed by atoms with E-state index in [1.165, 1.54) is 0 Å². The zero-order valence-electron chi connectivity index (χ0n) is 8.60. The van der Waals surface area contributed by atoms with Gasteiger partial charge in [-0.25, -0.2) is 4.98 Å². The van der Waals surface area contributed by atoms with Crippen molar-refractivity contribution in [2.45, 2.75) is 18.4 Å². The summed E-state index contributed by atoms with van der Waals surface area (Å²) in [5, 5.41) is 12.0. The van der Waals surface area contributed by atoms with E-state index in [-0.39, 0.29) is 5.92 Å². The molecule has 0 saturated carbocycles. The number of pyridine rings is 1. The largest absolute Gasteiger partial charge is 0.481 e. The van der Waals surface area contributed by atoms with E-state index in [4.69, 9.17) is 10.00 Å². The number of rotatable bonds is 4. The fraction of sp³-hybridized carbons (Fsp3) is 0.455. The highest BCUT2D eigenvalue weighted by molar-refractivity contribution is 5.33. The highest BCUT2D eigenvalue weighted by Gasteiger charge is 2.33. The van der Waals surface area contributed by atoms with Crippen LogP contribution in [0.1, 0.15) is 17.9 Å². The molecule has 4 heteroatoms. The average Bonchev–Trinajstić information content (AvgIpc) is 3.10. The maximum Gasteiger partial charge on any atom is 0.216 e. The number of nitrogens with zero attached hydrogens (tertiary/aromatic N) is 2. The number of nitriles is 1. The highest BCUT2D eigenvalue weighted by Crippen LogP contribution is 2.32. The van der Waals surface area contributed by atoms with E-state index in [0.717, 1.165) is 12.1 Å². The molecular formula is C11H13N3O. The maximum absolute atomic E-state index is 8.80. The predicted molar refractivity (Wildman–Crippen MR) is 55.6 cm³/mol. The number of nitrogens with one attached hydrogen (secondary N) is 1. The van der Waals surface area contributed by atoms with Crippen LogP contribution in [0.2, 0.25) is 0 Å². The van der Waals surface area contributed by atoms with Crippen LogP contribution in [0.15, 0.2) is 18.3 Å². The van der Waals surface area contributed by atoms with Gasteiger partial charge in [-0.05, 0) is 6.07 Å². The molecule has 4 nitrogen and oxygen atoms in total. The van der Waals surface area contributed by atoms with E-state index in [0.29, 0.717) is 18.3 Å². The first-order chi connectivity index (χ1) is 7.36. The third kappa shape index (κ3) is 2.08. The second-order valence-corrected chi connectivity index (χ2v) is 3.59. The summed E-state index contributed by atoms with van der Waals surface area (Å²) in [7, 11) is 1.61. The molecule has 1 N–H and O–H groups in total. The molecular weight excluding hydrogens is 190 g/mol. The van der Waals surface area contributed by atoms with E-state index in [2.05, 4.69) is 16.4 Å². The maximum atomic E-state index is 8.80.